The number of nitriles is 3. The molecule has 0 spiro atoms. The third-order valence-electron chi connectivity index (χ3n) is 5.40. The third-order valence-corrected chi connectivity index (χ3v) is 6.47. The van der Waals surface area contributed by atoms with Crippen molar-refractivity contribution in [3.05, 3.63) is 102 Å². The standard InChI is InChI=1S/C28H14N4S/c29-15-18-6-9-26-27(10-18)33-28(32-26)24-13-22(19-4-2-1-3-5-19)12-23(14-24)20-7-8-21(16-30)25(11-20)17-31/h1-14H. The maximum absolute atomic E-state index is 9.48. The van der Waals surface area contributed by atoms with Crippen molar-refractivity contribution in [3.63, 3.8) is 0 Å². The molecule has 4 aromatic carbocycles. The lowest BCUT2D eigenvalue weighted by molar-refractivity contribution is 1.43. The van der Waals surface area contributed by atoms with Crippen molar-refractivity contribution in [2.24, 2.45) is 0 Å². The summed E-state index contributed by atoms with van der Waals surface area (Å²) >= 11 is 1.54. The van der Waals surface area contributed by atoms with Gasteiger partial charge < -0.3 is 0 Å². The summed E-state index contributed by atoms with van der Waals surface area (Å²) in [4.78, 5) is 4.80. The van der Waals surface area contributed by atoms with E-state index in [0.29, 0.717) is 16.7 Å². The van der Waals surface area contributed by atoms with Gasteiger partial charge in [-0.25, -0.2) is 4.98 Å². The van der Waals surface area contributed by atoms with Crippen LogP contribution in [0.15, 0.2) is 84.9 Å². The molecular formula is C28H14N4S. The number of hydrogen-bond acceptors (Lipinski definition) is 5. The second-order valence-corrected chi connectivity index (χ2v) is 8.49. The number of fused-ring (bicyclic) bond motifs is 1. The van der Waals surface area contributed by atoms with Gasteiger partial charge in [0.2, 0.25) is 0 Å². The lowest BCUT2D eigenvalue weighted by Crippen LogP contribution is -1.88. The fraction of sp³-hybridized carbons (Fsp3) is 0. The Morgan fingerprint density at radius 1 is 0.576 bits per heavy atom. The van der Waals surface area contributed by atoms with Crippen molar-refractivity contribution < 1.29 is 0 Å². The van der Waals surface area contributed by atoms with Crippen molar-refractivity contribution >= 4 is 21.6 Å². The Morgan fingerprint density at radius 3 is 2.03 bits per heavy atom. The first-order chi connectivity index (χ1) is 16.2. The van der Waals surface area contributed by atoms with Crippen LogP contribution in [0.4, 0.5) is 0 Å². The Balaban J connectivity index is 1.72. The zero-order valence-electron chi connectivity index (χ0n) is 17.3. The van der Waals surface area contributed by atoms with Crippen molar-refractivity contribution in [1.29, 1.82) is 15.8 Å². The molecule has 0 bridgehead atoms. The lowest BCUT2D eigenvalue weighted by atomic mass is 9.94. The molecule has 0 saturated carbocycles. The molecule has 0 N–H and O–H groups in total. The number of aromatic nitrogens is 1. The summed E-state index contributed by atoms with van der Waals surface area (Å²) in [5.41, 5.74) is 7.02. The third kappa shape index (κ3) is 3.84. The number of rotatable bonds is 3. The van der Waals surface area contributed by atoms with Gasteiger partial charge in [-0.15, -0.1) is 11.3 Å². The van der Waals surface area contributed by atoms with Crippen LogP contribution >= 0.6 is 11.3 Å². The van der Waals surface area contributed by atoms with E-state index in [2.05, 4.69) is 48.5 Å². The highest BCUT2D eigenvalue weighted by Crippen LogP contribution is 2.36. The molecule has 33 heavy (non-hydrogen) atoms. The van der Waals surface area contributed by atoms with Crippen LogP contribution in [0.1, 0.15) is 16.7 Å². The molecule has 5 heteroatoms. The number of benzene rings is 4. The Morgan fingerprint density at radius 2 is 1.30 bits per heavy atom. The molecule has 0 aliphatic carbocycles. The van der Waals surface area contributed by atoms with Crippen LogP contribution in [0.3, 0.4) is 0 Å². The Bertz CT molecular complexity index is 1640. The number of hydrogen-bond donors (Lipinski definition) is 0. The summed E-state index contributed by atoms with van der Waals surface area (Å²) in [6, 6.07) is 33.5. The van der Waals surface area contributed by atoms with Crippen LogP contribution in [0.25, 0.3) is 43.0 Å². The smallest absolute Gasteiger partial charge is 0.124 e. The maximum Gasteiger partial charge on any atom is 0.124 e. The second kappa shape index (κ2) is 8.40. The molecule has 0 fully saturated rings. The first-order valence-corrected chi connectivity index (χ1v) is 11.0. The topological polar surface area (TPSA) is 84.3 Å². The highest BCUT2D eigenvalue weighted by Gasteiger charge is 2.13. The summed E-state index contributed by atoms with van der Waals surface area (Å²) in [6.07, 6.45) is 0. The molecule has 1 aromatic heterocycles. The van der Waals surface area contributed by atoms with Crippen LogP contribution < -0.4 is 0 Å². The normalized spacial score (nSPS) is 10.3. The van der Waals surface area contributed by atoms with Crippen molar-refractivity contribution in [2.75, 3.05) is 0 Å². The van der Waals surface area contributed by atoms with E-state index in [9.17, 15) is 15.8 Å². The first kappa shape index (κ1) is 20.2. The SMILES string of the molecule is N#Cc1ccc2nc(-c3cc(-c4ccccc4)cc(-c4ccc(C#N)c(C#N)c4)c3)sc2c1. The predicted molar refractivity (Wildman–Crippen MR) is 130 cm³/mol. The van der Waals surface area contributed by atoms with Gasteiger partial charge in [-0.3, -0.25) is 0 Å². The highest BCUT2D eigenvalue weighted by molar-refractivity contribution is 7.21. The molecule has 5 rings (SSSR count). The molecule has 0 aliphatic rings. The van der Waals surface area contributed by atoms with Gasteiger partial charge in [-0.2, -0.15) is 15.8 Å². The summed E-state index contributed by atoms with van der Waals surface area (Å²) in [6.45, 7) is 0. The predicted octanol–water partition coefficient (Wildman–Crippen LogP) is 6.91. The largest absolute Gasteiger partial charge is 0.236 e. The van der Waals surface area contributed by atoms with Gasteiger partial charge in [0.25, 0.3) is 0 Å². The van der Waals surface area contributed by atoms with E-state index in [1.807, 2.05) is 36.4 Å². The van der Waals surface area contributed by atoms with Crippen molar-refractivity contribution in [1.82, 2.24) is 4.98 Å². The molecule has 0 radical (unpaired) electrons. The Labute approximate surface area is 194 Å². The molecule has 0 saturated heterocycles. The molecule has 0 atom stereocenters. The number of thiazole rings is 1. The minimum absolute atomic E-state index is 0.352. The highest BCUT2D eigenvalue weighted by atomic mass is 32.1. The van der Waals surface area contributed by atoms with Crippen LogP contribution in [-0.2, 0) is 0 Å². The Hall–Kier alpha value is -4.76. The van der Waals surface area contributed by atoms with Crippen LogP contribution in [0, 0.1) is 34.0 Å². The average molecular weight is 439 g/mol. The molecule has 4 nitrogen and oxygen atoms in total. The summed E-state index contributed by atoms with van der Waals surface area (Å²) in [5.74, 6) is 0. The molecule has 0 aliphatic heterocycles. The van der Waals surface area contributed by atoms with Gasteiger partial charge in [0, 0.05) is 5.56 Å². The molecule has 0 unspecified atom stereocenters. The molecule has 0 amide bonds. The van der Waals surface area contributed by atoms with E-state index in [-0.39, 0.29) is 0 Å². The summed E-state index contributed by atoms with van der Waals surface area (Å²) in [5, 5.41) is 28.8. The fourth-order valence-corrected chi connectivity index (χ4v) is 4.74. The van der Waals surface area contributed by atoms with Gasteiger partial charge in [0.05, 0.1) is 33.0 Å². The van der Waals surface area contributed by atoms with E-state index in [1.54, 1.807) is 29.5 Å². The van der Waals surface area contributed by atoms with E-state index < -0.39 is 0 Å². The fourth-order valence-electron chi connectivity index (χ4n) is 3.75. The van der Waals surface area contributed by atoms with Gasteiger partial charge in [-0.05, 0) is 70.8 Å². The van der Waals surface area contributed by atoms with Crippen LogP contribution in [0.5, 0.6) is 0 Å². The molecular weight excluding hydrogens is 424 g/mol. The maximum atomic E-state index is 9.48. The van der Waals surface area contributed by atoms with Gasteiger partial charge in [-0.1, -0.05) is 36.4 Å². The van der Waals surface area contributed by atoms with Crippen LogP contribution in [0.2, 0.25) is 0 Å². The first-order valence-electron chi connectivity index (χ1n) is 10.1. The monoisotopic (exact) mass is 438 g/mol. The minimum atomic E-state index is 0.352. The number of nitrogens with zero attached hydrogens (tertiary/aromatic N) is 4. The zero-order chi connectivity index (χ0) is 22.8. The van der Waals surface area contributed by atoms with Gasteiger partial charge in [0.15, 0.2) is 0 Å². The molecule has 1 heterocycles. The summed E-state index contributed by atoms with van der Waals surface area (Å²) in [7, 11) is 0. The van der Waals surface area contributed by atoms with E-state index in [0.717, 1.165) is 43.0 Å². The average Bonchev–Trinajstić information content (AvgIpc) is 3.32. The van der Waals surface area contributed by atoms with E-state index in [1.165, 1.54) is 0 Å². The second-order valence-electron chi connectivity index (χ2n) is 7.46. The lowest BCUT2D eigenvalue weighted by Gasteiger charge is -2.10. The van der Waals surface area contributed by atoms with Crippen molar-refractivity contribution in [3.8, 4) is 51.0 Å². The molecule has 5 aromatic rings. The van der Waals surface area contributed by atoms with Crippen molar-refractivity contribution in [2.45, 2.75) is 0 Å². The van der Waals surface area contributed by atoms with E-state index >= 15 is 0 Å². The quantitative estimate of drug-likeness (QED) is 0.306. The van der Waals surface area contributed by atoms with E-state index in [4.69, 9.17) is 4.98 Å². The van der Waals surface area contributed by atoms with Gasteiger partial charge >= 0.3 is 0 Å². The minimum Gasteiger partial charge on any atom is -0.236 e. The molecule has 152 valence electrons. The van der Waals surface area contributed by atoms with Crippen LogP contribution in [-0.4, -0.2) is 4.98 Å². The summed E-state index contributed by atoms with van der Waals surface area (Å²) < 4.78 is 0.959. The zero-order valence-corrected chi connectivity index (χ0v) is 18.1. The van der Waals surface area contributed by atoms with Gasteiger partial charge in [0.1, 0.15) is 17.1 Å². The Kier molecular flexibility index (Phi) is 5.13.